The van der Waals surface area contributed by atoms with Crippen molar-refractivity contribution in [1.29, 1.82) is 0 Å². The number of benzene rings is 2. The first kappa shape index (κ1) is 23.6. The first-order valence-corrected chi connectivity index (χ1v) is 14.4. The molecule has 2 aromatic rings. The van der Waals surface area contributed by atoms with Crippen molar-refractivity contribution in [2.45, 2.75) is 62.4 Å². The van der Waals surface area contributed by atoms with Crippen LogP contribution < -0.4 is 15.1 Å². The molecule has 0 spiro atoms. The highest BCUT2D eigenvalue weighted by atomic mass is 28.3. The highest BCUT2D eigenvalue weighted by molar-refractivity contribution is 7.04. The quantitative estimate of drug-likeness (QED) is 0.425. The second kappa shape index (κ2) is 10.6. The van der Waals surface area contributed by atoms with Crippen LogP contribution in [0.2, 0.25) is 11.1 Å². The summed E-state index contributed by atoms with van der Waals surface area (Å²) in [5, 5.41) is 2.79. The molecule has 0 aliphatic heterocycles. The van der Waals surface area contributed by atoms with Crippen LogP contribution in [0.1, 0.15) is 61.7 Å². The minimum Gasteiger partial charge on any atom is -0.497 e. The van der Waals surface area contributed by atoms with Crippen molar-refractivity contribution < 1.29 is 19.1 Å². The lowest BCUT2D eigenvalue weighted by molar-refractivity contribution is -0.112. The van der Waals surface area contributed by atoms with E-state index in [4.69, 9.17) is 4.74 Å². The Labute approximate surface area is 197 Å². The van der Waals surface area contributed by atoms with Gasteiger partial charge in [0.1, 0.15) is 32.7 Å². The molecule has 2 saturated carbocycles. The van der Waals surface area contributed by atoms with Crippen LogP contribution in [0.15, 0.2) is 48.5 Å². The molecular formula is C28H34O4Si. The van der Waals surface area contributed by atoms with Gasteiger partial charge in [0.2, 0.25) is 0 Å². The van der Waals surface area contributed by atoms with E-state index in [1.807, 2.05) is 12.1 Å². The molecule has 0 radical (unpaired) electrons. The van der Waals surface area contributed by atoms with Gasteiger partial charge in [0, 0.05) is 17.4 Å². The summed E-state index contributed by atoms with van der Waals surface area (Å²) in [6.07, 6.45) is 11.2. The van der Waals surface area contributed by atoms with E-state index in [2.05, 4.69) is 36.4 Å². The van der Waals surface area contributed by atoms with Crippen LogP contribution in [-0.2, 0) is 9.59 Å². The van der Waals surface area contributed by atoms with E-state index in [0.29, 0.717) is 16.6 Å². The number of carbonyl (C=O) groups excluding carboxylic acids is 3. The molecule has 0 bridgehead atoms. The monoisotopic (exact) mass is 462 g/mol. The maximum Gasteiger partial charge on any atom is 0.150 e. The highest BCUT2D eigenvalue weighted by Gasteiger charge is 2.51. The molecule has 4 nitrogen and oxygen atoms in total. The summed E-state index contributed by atoms with van der Waals surface area (Å²) in [5.74, 6) is 1.20. The Balaban J connectivity index is 1.86. The van der Waals surface area contributed by atoms with Gasteiger partial charge in [-0.25, -0.2) is 0 Å². The van der Waals surface area contributed by atoms with Gasteiger partial charge in [-0.05, 0) is 48.9 Å². The molecule has 0 aromatic heterocycles. The summed E-state index contributed by atoms with van der Waals surface area (Å²) >= 11 is 0. The zero-order valence-corrected chi connectivity index (χ0v) is 20.5. The maximum atomic E-state index is 11.5. The van der Waals surface area contributed by atoms with E-state index in [9.17, 15) is 14.4 Å². The van der Waals surface area contributed by atoms with Gasteiger partial charge < -0.3 is 14.3 Å². The van der Waals surface area contributed by atoms with Gasteiger partial charge in [0.15, 0.2) is 0 Å². The van der Waals surface area contributed by atoms with Crippen LogP contribution in [0, 0.1) is 11.8 Å². The van der Waals surface area contributed by atoms with Crippen LogP contribution >= 0.6 is 0 Å². The zero-order valence-electron chi connectivity index (χ0n) is 19.5. The van der Waals surface area contributed by atoms with Crippen LogP contribution in [0.4, 0.5) is 0 Å². The molecule has 33 heavy (non-hydrogen) atoms. The minimum atomic E-state index is -2.31. The third-order valence-electron chi connectivity index (χ3n) is 8.31. The molecule has 0 saturated heterocycles. The van der Waals surface area contributed by atoms with Crippen molar-refractivity contribution in [1.82, 2.24) is 0 Å². The molecule has 5 heteroatoms. The molecule has 2 aliphatic carbocycles. The van der Waals surface area contributed by atoms with E-state index in [1.165, 1.54) is 10.4 Å². The van der Waals surface area contributed by atoms with Crippen molar-refractivity contribution >= 4 is 37.3 Å². The molecular weight excluding hydrogens is 428 g/mol. The molecule has 174 valence electrons. The molecule has 0 atom stereocenters. The molecule has 2 fully saturated rings. The second-order valence-electron chi connectivity index (χ2n) is 9.83. The Morgan fingerprint density at radius 1 is 0.667 bits per heavy atom. The molecule has 0 unspecified atom stereocenters. The number of hydrogen-bond acceptors (Lipinski definition) is 4. The standard InChI is InChI=1S/C28H34O4Si/c1-32-24-8-16-28(17-9-24)33(25-10-2-21(18-29)3-11-25,26-12-4-22(19-30)5-13-26)27-14-6-23(20-31)7-15-27/h2-3,8-11,16-20,22-23,26-27H,4-7,12-15H2,1H3. The fourth-order valence-electron chi connectivity index (χ4n) is 6.57. The van der Waals surface area contributed by atoms with E-state index < -0.39 is 8.07 Å². The normalized spacial score (nSPS) is 27.2. The Bertz CT molecular complexity index is 909. The van der Waals surface area contributed by atoms with Crippen molar-refractivity contribution in [3.63, 3.8) is 0 Å². The summed E-state index contributed by atoms with van der Waals surface area (Å²) < 4.78 is 5.46. The average Bonchev–Trinajstić information content (AvgIpc) is 2.90. The lowest BCUT2D eigenvalue weighted by atomic mass is 9.89. The van der Waals surface area contributed by atoms with E-state index in [0.717, 1.165) is 76.0 Å². The number of methoxy groups -OCH3 is 1. The maximum absolute atomic E-state index is 11.5. The lowest BCUT2D eigenvalue weighted by Gasteiger charge is -2.49. The minimum absolute atomic E-state index is 0.173. The Kier molecular flexibility index (Phi) is 7.59. The Hall–Kier alpha value is -2.53. The number of hydrogen-bond donors (Lipinski definition) is 0. The van der Waals surface area contributed by atoms with Gasteiger partial charge in [-0.2, -0.15) is 0 Å². The largest absolute Gasteiger partial charge is 0.497 e. The second-order valence-corrected chi connectivity index (χ2v) is 14.4. The van der Waals surface area contributed by atoms with Crippen molar-refractivity contribution in [3.05, 3.63) is 54.1 Å². The predicted molar refractivity (Wildman–Crippen MR) is 133 cm³/mol. The fourth-order valence-corrected chi connectivity index (χ4v) is 13.4. The van der Waals surface area contributed by atoms with Gasteiger partial charge in [-0.3, -0.25) is 4.79 Å². The van der Waals surface area contributed by atoms with Crippen molar-refractivity contribution in [3.8, 4) is 5.75 Å². The molecule has 0 amide bonds. The first-order valence-electron chi connectivity index (χ1n) is 12.3. The zero-order chi connectivity index (χ0) is 23.3. The molecule has 4 rings (SSSR count). The summed E-state index contributed by atoms with van der Waals surface area (Å²) in [7, 11) is -0.612. The van der Waals surface area contributed by atoms with Crippen LogP contribution in [-0.4, -0.2) is 34.0 Å². The van der Waals surface area contributed by atoms with Crippen LogP contribution in [0.25, 0.3) is 0 Å². The van der Waals surface area contributed by atoms with Gasteiger partial charge in [-0.1, -0.05) is 72.5 Å². The number of aldehydes is 3. The van der Waals surface area contributed by atoms with Crippen LogP contribution in [0.5, 0.6) is 5.75 Å². The van der Waals surface area contributed by atoms with Gasteiger partial charge in [-0.15, -0.1) is 0 Å². The van der Waals surface area contributed by atoms with E-state index in [1.54, 1.807) is 7.11 Å². The highest BCUT2D eigenvalue weighted by Crippen LogP contribution is 2.49. The third kappa shape index (κ3) is 4.61. The van der Waals surface area contributed by atoms with E-state index in [-0.39, 0.29) is 11.8 Å². The molecule has 2 aliphatic rings. The molecule has 0 N–H and O–H groups in total. The van der Waals surface area contributed by atoms with Gasteiger partial charge in [0.25, 0.3) is 0 Å². The van der Waals surface area contributed by atoms with Gasteiger partial charge in [0.05, 0.1) is 7.11 Å². The topological polar surface area (TPSA) is 60.4 Å². The molecule has 2 aromatic carbocycles. The number of carbonyl (C=O) groups is 3. The smallest absolute Gasteiger partial charge is 0.150 e. The Morgan fingerprint density at radius 2 is 1.09 bits per heavy atom. The Morgan fingerprint density at radius 3 is 1.45 bits per heavy atom. The van der Waals surface area contributed by atoms with Crippen LogP contribution in [0.3, 0.4) is 0 Å². The van der Waals surface area contributed by atoms with E-state index >= 15 is 0 Å². The average molecular weight is 463 g/mol. The predicted octanol–water partition coefficient (Wildman–Crippen LogP) is 4.59. The summed E-state index contributed by atoms with van der Waals surface area (Å²) in [6.45, 7) is 0. The third-order valence-corrected chi connectivity index (χ3v) is 14.6. The SMILES string of the molecule is COc1ccc([Si](c2ccc(C=O)cc2)(C2CCC(C=O)CC2)C2CCC(C=O)CC2)cc1. The summed E-state index contributed by atoms with van der Waals surface area (Å²) in [6, 6.07) is 17.0. The number of rotatable bonds is 8. The molecule has 0 heterocycles. The van der Waals surface area contributed by atoms with Crippen molar-refractivity contribution in [2.24, 2.45) is 11.8 Å². The van der Waals surface area contributed by atoms with Gasteiger partial charge >= 0.3 is 0 Å². The fraction of sp³-hybridized carbons (Fsp3) is 0.464. The first-order chi connectivity index (χ1) is 16.1. The summed E-state index contributed by atoms with van der Waals surface area (Å²) in [4.78, 5) is 34.4. The lowest BCUT2D eigenvalue weighted by Crippen LogP contribution is -2.65. The number of ether oxygens (including phenoxy) is 1. The van der Waals surface area contributed by atoms with Crippen molar-refractivity contribution in [2.75, 3.05) is 7.11 Å². The summed E-state index contributed by atoms with van der Waals surface area (Å²) in [5.41, 5.74) is 1.76.